The number of esters is 1. The van der Waals surface area contributed by atoms with E-state index in [9.17, 15) is 13.6 Å². The van der Waals surface area contributed by atoms with Crippen molar-refractivity contribution in [1.29, 1.82) is 5.26 Å². The van der Waals surface area contributed by atoms with Crippen LogP contribution in [0.1, 0.15) is 28.7 Å². The first-order valence-corrected chi connectivity index (χ1v) is 5.14. The molecular weight excluding hydrogens is 242 g/mol. The highest BCUT2D eigenvalue weighted by Gasteiger charge is 2.20. The highest BCUT2D eigenvalue weighted by atomic mass is 19.3. The molecule has 4 nitrogen and oxygen atoms in total. The summed E-state index contributed by atoms with van der Waals surface area (Å²) in [7, 11) is 1.18. The molecule has 18 heavy (non-hydrogen) atoms. The van der Waals surface area contributed by atoms with Crippen LogP contribution in [-0.2, 0) is 22.5 Å². The average molecular weight is 254 g/mol. The maximum atomic E-state index is 12.9. The number of rotatable bonds is 4. The zero-order valence-electron chi connectivity index (χ0n) is 9.74. The van der Waals surface area contributed by atoms with Gasteiger partial charge in [0, 0.05) is 12.1 Å². The van der Waals surface area contributed by atoms with Gasteiger partial charge in [-0.1, -0.05) is 0 Å². The quantitative estimate of drug-likeness (QED) is 0.829. The summed E-state index contributed by atoms with van der Waals surface area (Å²) < 4.78 is 30.3. The Balaban J connectivity index is 3.35. The molecular formula is C12H12F2N2O2. The highest BCUT2D eigenvalue weighted by molar-refractivity contribution is 5.73. The first-order valence-electron chi connectivity index (χ1n) is 5.14. The monoisotopic (exact) mass is 254 g/mol. The van der Waals surface area contributed by atoms with Crippen LogP contribution in [0.15, 0.2) is 12.1 Å². The number of benzene rings is 1. The van der Waals surface area contributed by atoms with Gasteiger partial charge < -0.3 is 10.5 Å². The van der Waals surface area contributed by atoms with Gasteiger partial charge in [-0.05, 0) is 23.3 Å². The zero-order valence-corrected chi connectivity index (χ0v) is 9.74. The van der Waals surface area contributed by atoms with Crippen molar-refractivity contribution < 1.29 is 18.3 Å². The minimum Gasteiger partial charge on any atom is -0.469 e. The number of nitrogens with two attached hydrogens (primary N) is 1. The summed E-state index contributed by atoms with van der Waals surface area (Å²) in [5.41, 5.74) is 5.70. The molecule has 0 unspecified atom stereocenters. The van der Waals surface area contributed by atoms with Gasteiger partial charge in [0.2, 0.25) is 0 Å². The topological polar surface area (TPSA) is 76.1 Å². The average Bonchev–Trinajstić information content (AvgIpc) is 2.38. The Morgan fingerprint density at radius 1 is 1.56 bits per heavy atom. The fourth-order valence-corrected chi connectivity index (χ4v) is 1.63. The van der Waals surface area contributed by atoms with E-state index < -0.39 is 12.4 Å². The predicted octanol–water partition coefficient (Wildman–Crippen LogP) is 1.67. The van der Waals surface area contributed by atoms with E-state index in [2.05, 4.69) is 4.74 Å². The maximum absolute atomic E-state index is 12.9. The van der Waals surface area contributed by atoms with Crippen LogP contribution in [0.25, 0.3) is 0 Å². The fourth-order valence-electron chi connectivity index (χ4n) is 1.63. The number of methoxy groups -OCH3 is 1. The van der Waals surface area contributed by atoms with Crippen molar-refractivity contribution in [2.24, 2.45) is 5.73 Å². The van der Waals surface area contributed by atoms with Crippen molar-refractivity contribution in [1.82, 2.24) is 0 Å². The van der Waals surface area contributed by atoms with E-state index in [0.717, 1.165) is 6.07 Å². The number of ether oxygens (including phenoxy) is 1. The van der Waals surface area contributed by atoms with Crippen LogP contribution in [0.5, 0.6) is 0 Å². The Hall–Kier alpha value is -2.00. The molecule has 0 heterocycles. The van der Waals surface area contributed by atoms with Crippen LogP contribution < -0.4 is 5.73 Å². The lowest BCUT2D eigenvalue weighted by atomic mass is 9.95. The molecule has 1 aromatic carbocycles. The van der Waals surface area contributed by atoms with Gasteiger partial charge in [0.25, 0.3) is 6.43 Å². The van der Waals surface area contributed by atoms with E-state index in [0.29, 0.717) is 5.56 Å². The largest absolute Gasteiger partial charge is 0.469 e. The molecule has 2 N–H and O–H groups in total. The van der Waals surface area contributed by atoms with E-state index in [-0.39, 0.29) is 29.7 Å². The van der Waals surface area contributed by atoms with Crippen molar-refractivity contribution in [3.05, 3.63) is 34.4 Å². The Morgan fingerprint density at radius 2 is 2.22 bits per heavy atom. The number of halogens is 2. The predicted molar refractivity (Wildman–Crippen MR) is 59.7 cm³/mol. The second-order valence-corrected chi connectivity index (χ2v) is 3.57. The van der Waals surface area contributed by atoms with Crippen LogP contribution >= 0.6 is 0 Å². The molecule has 0 atom stereocenters. The second kappa shape index (κ2) is 6.07. The minimum absolute atomic E-state index is 0.0262. The van der Waals surface area contributed by atoms with Gasteiger partial charge in [0.15, 0.2) is 0 Å². The molecule has 0 fully saturated rings. The molecule has 0 aliphatic rings. The Bertz CT molecular complexity index is 496. The molecule has 0 radical (unpaired) electrons. The third-order valence-corrected chi connectivity index (χ3v) is 2.51. The molecule has 6 heteroatoms. The fraction of sp³-hybridized carbons (Fsp3) is 0.333. The molecule has 0 saturated heterocycles. The molecule has 0 bridgehead atoms. The van der Waals surface area contributed by atoms with Gasteiger partial charge in [-0.3, -0.25) is 4.79 Å². The van der Waals surface area contributed by atoms with E-state index in [1.54, 1.807) is 6.07 Å². The summed E-state index contributed by atoms with van der Waals surface area (Å²) in [5, 5.41) is 8.76. The lowest BCUT2D eigenvalue weighted by Crippen LogP contribution is -2.12. The second-order valence-electron chi connectivity index (χ2n) is 3.57. The summed E-state index contributed by atoms with van der Waals surface area (Å²) in [6, 6.07) is 4.26. The van der Waals surface area contributed by atoms with E-state index in [1.807, 2.05) is 0 Å². The summed E-state index contributed by atoms with van der Waals surface area (Å²) in [6.45, 7) is -0.0262. The first-order chi connectivity index (χ1) is 8.53. The number of carbonyl (C=O) groups is 1. The van der Waals surface area contributed by atoms with Crippen LogP contribution in [0.3, 0.4) is 0 Å². The van der Waals surface area contributed by atoms with Crippen LogP contribution in [0, 0.1) is 11.3 Å². The molecule has 96 valence electrons. The van der Waals surface area contributed by atoms with Gasteiger partial charge in [-0.2, -0.15) is 5.26 Å². The normalized spacial score (nSPS) is 10.2. The standard InChI is InChI=1S/C12H12F2N2O2/c1-18-11(17)4-9-8(6-16)2-7(5-15)3-10(9)12(13)14/h2-3,12H,4,6,16H2,1H3. The van der Waals surface area contributed by atoms with E-state index in [4.69, 9.17) is 11.0 Å². The minimum atomic E-state index is -2.77. The van der Waals surface area contributed by atoms with Crippen LogP contribution in [0.2, 0.25) is 0 Å². The van der Waals surface area contributed by atoms with Crippen molar-refractivity contribution in [2.45, 2.75) is 19.4 Å². The van der Waals surface area contributed by atoms with Gasteiger partial charge >= 0.3 is 5.97 Å². The lowest BCUT2D eigenvalue weighted by Gasteiger charge is -2.13. The smallest absolute Gasteiger partial charge is 0.310 e. The van der Waals surface area contributed by atoms with E-state index >= 15 is 0 Å². The Morgan fingerprint density at radius 3 is 2.67 bits per heavy atom. The molecule has 0 saturated carbocycles. The Labute approximate surface area is 103 Å². The number of hydrogen-bond acceptors (Lipinski definition) is 4. The summed E-state index contributed by atoms with van der Waals surface area (Å²) in [5.74, 6) is -0.628. The van der Waals surface area contributed by atoms with Gasteiger partial charge in [0.05, 0.1) is 25.2 Å². The third kappa shape index (κ3) is 3.02. The number of alkyl halides is 2. The Kier molecular flexibility index (Phi) is 4.75. The number of nitriles is 1. The summed E-state index contributed by atoms with van der Waals surface area (Å²) >= 11 is 0. The third-order valence-electron chi connectivity index (χ3n) is 2.51. The SMILES string of the molecule is COC(=O)Cc1c(CN)cc(C#N)cc1C(F)F. The molecule has 0 aromatic heterocycles. The molecule has 0 aliphatic carbocycles. The zero-order chi connectivity index (χ0) is 13.7. The van der Waals surface area contributed by atoms with Crippen molar-refractivity contribution >= 4 is 5.97 Å². The van der Waals surface area contributed by atoms with E-state index in [1.165, 1.54) is 13.2 Å². The molecule has 0 spiro atoms. The van der Waals surface area contributed by atoms with Gasteiger partial charge in [-0.15, -0.1) is 0 Å². The van der Waals surface area contributed by atoms with Crippen LogP contribution in [0.4, 0.5) is 8.78 Å². The van der Waals surface area contributed by atoms with Gasteiger partial charge in [0.1, 0.15) is 0 Å². The van der Waals surface area contributed by atoms with Crippen LogP contribution in [-0.4, -0.2) is 13.1 Å². The number of nitrogens with zero attached hydrogens (tertiary/aromatic N) is 1. The molecule has 1 rings (SSSR count). The van der Waals surface area contributed by atoms with Crippen molar-refractivity contribution in [2.75, 3.05) is 7.11 Å². The van der Waals surface area contributed by atoms with Crippen molar-refractivity contribution in [3.8, 4) is 6.07 Å². The highest BCUT2D eigenvalue weighted by Crippen LogP contribution is 2.27. The molecule has 0 amide bonds. The molecule has 0 aliphatic heterocycles. The first kappa shape index (κ1) is 14.1. The molecule has 1 aromatic rings. The maximum Gasteiger partial charge on any atom is 0.310 e. The number of hydrogen-bond donors (Lipinski definition) is 1. The summed E-state index contributed by atoms with van der Waals surface area (Å²) in [6.07, 6.45) is -3.06. The summed E-state index contributed by atoms with van der Waals surface area (Å²) in [4.78, 5) is 11.2. The number of carbonyl (C=O) groups excluding carboxylic acids is 1. The van der Waals surface area contributed by atoms with Gasteiger partial charge in [-0.25, -0.2) is 8.78 Å². The van der Waals surface area contributed by atoms with Crippen molar-refractivity contribution in [3.63, 3.8) is 0 Å². The lowest BCUT2D eigenvalue weighted by molar-refractivity contribution is -0.139.